The summed E-state index contributed by atoms with van der Waals surface area (Å²) in [7, 11) is 1.62. The molecule has 300 valence electrons. The second kappa shape index (κ2) is 34.3. The zero-order valence-electron chi connectivity index (χ0n) is 33.9. The lowest BCUT2D eigenvalue weighted by Gasteiger charge is -2.26. The van der Waals surface area contributed by atoms with Gasteiger partial charge in [0.15, 0.2) is 0 Å². The first-order chi connectivity index (χ1) is 24.0. The minimum atomic E-state index is -4.29. The second-order valence-electron chi connectivity index (χ2n) is 16.1. The summed E-state index contributed by atoms with van der Waals surface area (Å²) in [4.78, 5) is 22.8. The number of hydrogen-bond acceptors (Lipinski definition) is 5. The lowest BCUT2D eigenvalue weighted by Crippen LogP contribution is -2.46. The van der Waals surface area contributed by atoms with Gasteiger partial charge in [-0.3, -0.25) is 13.8 Å². The van der Waals surface area contributed by atoms with E-state index in [4.69, 9.17) is 9.05 Å². The molecule has 8 nitrogen and oxygen atoms in total. The third-order valence-corrected chi connectivity index (χ3v) is 10.8. The predicted octanol–water partition coefficient (Wildman–Crippen LogP) is 11.4. The molecule has 0 aliphatic rings. The number of likely N-dealkylation sites (N-methyl/N-ethyl adjacent to an activating group) is 1. The van der Waals surface area contributed by atoms with Crippen molar-refractivity contribution in [1.29, 1.82) is 0 Å². The number of phosphoric acid groups is 1. The number of carbonyl (C=O) groups is 1. The Morgan fingerprint density at radius 1 is 0.600 bits per heavy atom. The lowest BCUT2D eigenvalue weighted by atomic mass is 10.0. The molecule has 0 spiro atoms. The highest BCUT2D eigenvalue weighted by Gasteiger charge is 2.28. The van der Waals surface area contributed by atoms with E-state index in [0.717, 1.165) is 51.4 Å². The van der Waals surface area contributed by atoms with Gasteiger partial charge in [-0.05, 0) is 12.8 Å². The average molecular weight is 734 g/mol. The van der Waals surface area contributed by atoms with Crippen LogP contribution in [0, 0.1) is 0 Å². The summed E-state index contributed by atoms with van der Waals surface area (Å²) in [6.45, 7) is 4.81. The van der Waals surface area contributed by atoms with Crippen molar-refractivity contribution in [3.63, 3.8) is 0 Å². The van der Waals surface area contributed by atoms with E-state index in [1.54, 1.807) is 0 Å². The zero-order chi connectivity index (χ0) is 37.2. The van der Waals surface area contributed by atoms with E-state index < -0.39 is 20.0 Å². The van der Waals surface area contributed by atoms with Gasteiger partial charge < -0.3 is 19.8 Å². The van der Waals surface area contributed by atoms with E-state index in [2.05, 4.69) is 19.2 Å². The number of phosphoric ester groups is 1. The quantitative estimate of drug-likeness (QED) is 0.0330. The van der Waals surface area contributed by atoms with Gasteiger partial charge in [-0.25, -0.2) is 4.57 Å². The van der Waals surface area contributed by atoms with Crippen molar-refractivity contribution in [2.75, 3.05) is 40.9 Å². The van der Waals surface area contributed by atoms with Gasteiger partial charge in [-0.1, -0.05) is 187 Å². The summed E-state index contributed by atoms with van der Waals surface area (Å²) in [5.41, 5.74) is 0. The molecule has 1 amide bonds. The van der Waals surface area contributed by atoms with Crippen LogP contribution in [0.2, 0.25) is 0 Å². The summed E-state index contributed by atoms with van der Waals surface area (Å²) < 4.78 is 23.4. The van der Waals surface area contributed by atoms with Crippen molar-refractivity contribution in [1.82, 2.24) is 5.32 Å². The van der Waals surface area contributed by atoms with Crippen molar-refractivity contribution < 1.29 is 32.9 Å². The first kappa shape index (κ1) is 49.5. The molecule has 9 heteroatoms. The van der Waals surface area contributed by atoms with Gasteiger partial charge in [-0.2, -0.15) is 0 Å². The van der Waals surface area contributed by atoms with Crippen molar-refractivity contribution in [3.05, 3.63) is 0 Å². The largest absolute Gasteiger partial charge is 0.472 e. The standard InChI is InChI=1S/C41H85N2O6P/c1-6-8-10-12-13-14-15-16-17-18-19-20-21-22-23-24-25-26-27-28-29-31-32-34-40(44)39(42-41(45)35-33-30-11-9-7-2)38-49-50(46,47)48-37-36-43(3,4)5/h39-40,44H,6-38H2,1-5H3,(H-,42,45,46,47)/p+1. The number of unbranched alkanes of at least 4 members (excludes halogenated alkanes) is 26. The molecule has 0 fully saturated rings. The van der Waals surface area contributed by atoms with Crippen LogP contribution in [0.4, 0.5) is 0 Å². The van der Waals surface area contributed by atoms with Crippen LogP contribution in [0.25, 0.3) is 0 Å². The van der Waals surface area contributed by atoms with E-state index in [-0.39, 0.29) is 19.1 Å². The number of carbonyl (C=O) groups excluding carboxylic acids is 1. The Labute approximate surface area is 310 Å². The first-order valence-corrected chi connectivity index (χ1v) is 22.9. The molecule has 0 saturated heterocycles. The van der Waals surface area contributed by atoms with Gasteiger partial charge in [-0.15, -0.1) is 0 Å². The molecule has 0 heterocycles. The van der Waals surface area contributed by atoms with E-state index in [9.17, 15) is 19.4 Å². The number of quaternary nitrogens is 1. The van der Waals surface area contributed by atoms with Crippen LogP contribution in [-0.4, -0.2) is 73.4 Å². The van der Waals surface area contributed by atoms with E-state index in [1.165, 1.54) is 128 Å². The molecule has 0 rings (SSSR count). The van der Waals surface area contributed by atoms with Crippen LogP contribution >= 0.6 is 7.82 Å². The van der Waals surface area contributed by atoms with Crippen LogP contribution in [-0.2, 0) is 18.4 Å². The monoisotopic (exact) mass is 734 g/mol. The molecule has 0 aromatic carbocycles. The topological polar surface area (TPSA) is 105 Å². The van der Waals surface area contributed by atoms with E-state index >= 15 is 0 Å². The molecule has 0 saturated carbocycles. The Morgan fingerprint density at radius 3 is 1.34 bits per heavy atom. The highest BCUT2D eigenvalue weighted by molar-refractivity contribution is 7.47. The van der Waals surface area contributed by atoms with Crippen LogP contribution in [0.15, 0.2) is 0 Å². The van der Waals surface area contributed by atoms with Gasteiger partial charge >= 0.3 is 7.82 Å². The molecule has 0 aliphatic carbocycles. The smallest absolute Gasteiger partial charge is 0.391 e. The fraction of sp³-hybridized carbons (Fsp3) is 0.976. The Hall–Kier alpha value is -0.500. The Bertz CT molecular complexity index is 794. The Morgan fingerprint density at radius 2 is 0.960 bits per heavy atom. The van der Waals surface area contributed by atoms with Gasteiger partial charge in [0.05, 0.1) is 39.9 Å². The van der Waals surface area contributed by atoms with Crippen molar-refractivity contribution in [2.24, 2.45) is 0 Å². The summed E-state index contributed by atoms with van der Waals surface area (Å²) in [5, 5.41) is 13.8. The van der Waals surface area contributed by atoms with Crippen molar-refractivity contribution in [2.45, 2.75) is 219 Å². The van der Waals surface area contributed by atoms with Crippen molar-refractivity contribution in [3.8, 4) is 0 Å². The molecule has 0 radical (unpaired) electrons. The van der Waals surface area contributed by atoms with Gasteiger partial charge in [0.1, 0.15) is 13.2 Å². The third kappa shape index (κ3) is 35.9. The van der Waals surface area contributed by atoms with Gasteiger partial charge in [0.25, 0.3) is 0 Å². The molecule has 50 heavy (non-hydrogen) atoms. The molecule has 0 bridgehead atoms. The minimum Gasteiger partial charge on any atom is -0.391 e. The minimum absolute atomic E-state index is 0.0775. The number of nitrogens with zero attached hydrogens (tertiary/aromatic N) is 1. The number of aliphatic hydroxyl groups is 1. The van der Waals surface area contributed by atoms with Gasteiger partial charge in [0, 0.05) is 6.42 Å². The number of aliphatic hydroxyl groups excluding tert-OH is 1. The maximum atomic E-state index is 12.6. The highest BCUT2D eigenvalue weighted by Crippen LogP contribution is 2.43. The average Bonchev–Trinajstić information content (AvgIpc) is 3.06. The number of rotatable bonds is 39. The Balaban J connectivity index is 4.03. The maximum absolute atomic E-state index is 12.6. The van der Waals surface area contributed by atoms with E-state index in [0.29, 0.717) is 23.9 Å². The van der Waals surface area contributed by atoms with Gasteiger partial charge in [0.2, 0.25) is 5.91 Å². The molecular formula is C41H86N2O6P+. The molecule has 0 aromatic heterocycles. The zero-order valence-corrected chi connectivity index (χ0v) is 34.8. The predicted molar refractivity (Wildman–Crippen MR) is 212 cm³/mol. The van der Waals surface area contributed by atoms with E-state index in [1.807, 2.05) is 21.1 Å². The fourth-order valence-electron chi connectivity index (χ4n) is 6.40. The summed E-state index contributed by atoms with van der Waals surface area (Å²) in [5.74, 6) is -0.155. The molecule has 0 aliphatic heterocycles. The number of amides is 1. The second-order valence-corrected chi connectivity index (χ2v) is 17.5. The highest BCUT2D eigenvalue weighted by atomic mass is 31.2. The maximum Gasteiger partial charge on any atom is 0.472 e. The SMILES string of the molecule is CCCCCCCCCCCCCCCCCCCCCCCCCC(O)C(COP(=O)(O)OCC[N+](C)(C)C)NC(=O)CCCCCCC. The molecule has 3 unspecified atom stereocenters. The van der Waals surface area contributed by atoms with Crippen molar-refractivity contribution >= 4 is 13.7 Å². The van der Waals surface area contributed by atoms with Crippen LogP contribution < -0.4 is 5.32 Å². The number of hydrogen-bond donors (Lipinski definition) is 3. The number of nitrogens with one attached hydrogen (secondary N) is 1. The lowest BCUT2D eigenvalue weighted by molar-refractivity contribution is -0.870. The van der Waals surface area contributed by atoms with Crippen LogP contribution in [0.3, 0.4) is 0 Å². The normalized spacial score (nSPS) is 14.5. The molecular weight excluding hydrogens is 647 g/mol. The summed E-state index contributed by atoms with van der Waals surface area (Å²) in [6.07, 6.45) is 36.1. The first-order valence-electron chi connectivity index (χ1n) is 21.4. The van der Waals surface area contributed by atoms with Crippen LogP contribution in [0.1, 0.15) is 206 Å². The van der Waals surface area contributed by atoms with Crippen LogP contribution in [0.5, 0.6) is 0 Å². The fourth-order valence-corrected chi connectivity index (χ4v) is 7.13. The molecule has 3 atom stereocenters. The third-order valence-electron chi connectivity index (χ3n) is 9.86. The molecule has 0 aromatic rings. The molecule has 3 N–H and O–H groups in total. The summed E-state index contributed by atoms with van der Waals surface area (Å²) in [6, 6.07) is -0.750. The Kier molecular flexibility index (Phi) is 33.9. The summed E-state index contributed by atoms with van der Waals surface area (Å²) >= 11 is 0.